The largest absolute Gasteiger partial charge is 0.494 e. The summed E-state index contributed by atoms with van der Waals surface area (Å²) < 4.78 is 5.92. The molecule has 0 heterocycles. The third-order valence-corrected chi connectivity index (χ3v) is 5.24. The van der Waals surface area contributed by atoms with Gasteiger partial charge >= 0.3 is 0 Å². The lowest BCUT2D eigenvalue weighted by molar-refractivity contribution is 0.304. The van der Waals surface area contributed by atoms with Gasteiger partial charge in [-0.3, -0.25) is 0 Å². The summed E-state index contributed by atoms with van der Waals surface area (Å²) in [5, 5.41) is 8.70. The van der Waals surface area contributed by atoms with Crippen molar-refractivity contribution in [2.24, 2.45) is 10.2 Å². The van der Waals surface area contributed by atoms with E-state index in [0.29, 0.717) is 0 Å². The molecule has 0 N–H and O–H groups in total. The first-order valence-corrected chi connectivity index (χ1v) is 11.4. The zero-order chi connectivity index (χ0) is 20.7. The minimum Gasteiger partial charge on any atom is -0.494 e. The molecule has 29 heavy (non-hydrogen) atoms. The normalized spacial score (nSPS) is 11.3. The number of hydrogen-bond donors (Lipinski definition) is 0. The van der Waals surface area contributed by atoms with Crippen molar-refractivity contribution in [1.82, 2.24) is 0 Å². The number of rotatable bonds is 14. The molecule has 0 bridgehead atoms. The van der Waals surface area contributed by atoms with E-state index in [-0.39, 0.29) is 0 Å². The summed E-state index contributed by atoms with van der Waals surface area (Å²) in [5.41, 5.74) is 4.07. The molecule has 0 spiro atoms. The van der Waals surface area contributed by atoms with Crippen molar-refractivity contribution in [1.29, 1.82) is 0 Å². The van der Waals surface area contributed by atoms with Gasteiger partial charge in [0.25, 0.3) is 0 Å². The average molecular weight is 395 g/mol. The highest BCUT2D eigenvalue weighted by Gasteiger charge is 2.01. The second kappa shape index (κ2) is 13.9. The smallest absolute Gasteiger partial charge is 0.119 e. The third-order valence-electron chi connectivity index (χ3n) is 5.24. The van der Waals surface area contributed by atoms with E-state index in [1.807, 2.05) is 36.4 Å². The zero-order valence-electron chi connectivity index (χ0n) is 18.6. The molecule has 2 aromatic rings. The van der Waals surface area contributed by atoms with Crippen molar-refractivity contribution in [2.45, 2.75) is 85.0 Å². The van der Waals surface area contributed by atoms with Crippen LogP contribution in [0.25, 0.3) is 0 Å². The van der Waals surface area contributed by atoms with Crippen LogP contribution in [-0.2, 0) is 0 Å². The molecule has 0 amide bonds. The van der Waals surface area contributed by atoms with Crippen molar-refractivity contribution < 1.29 is 4.74 Å². The highest BCUT2D eigenvalue weighted by Crippen LogP contribution is 2.26. The van der Waals surface area contributed by atoms with Crippen molar-refractivity contribution in [3.8, 4) is 5.75 Å². The van der Waals surface area contributed by atoms with Crippen molar-refractivity contribution >= 4 is 11.4 Å². The summed E-state index contributed by atoms with van der Waals surface area (Å²) in [5.74, 6) is 0.924. The van der Waals surface area contributed by atoms with Crippen molar-refractivity contribution in [3.05, 3.63) is 53.6 Å². The molecule has 0 aliphatic heterocycles. The summed E-state index contributed by atoms with van der Waals surface area (Å²) >= 11 is 0. The quantitative estimate of drug-likeness (QED) is 0.232. The molecule has 3 nitrogen and oxygen atoms in total. The maximum absolute atomic E-state index is 5.92. The fraction of sp³-hybridized carbons (Fsp3) is 0.538. The molecular formula is C26H38N2O. The van der Waals surface area contributed by atoms with E-state index < -0.39 is 0 Å². The molecule has 0 saturated carbocycles. The molecule has 0 atom stereocenters. The van der Waals surface area contributed by atoms with E-state index in [1.54, 1.807) is 0 Å². The molecule has 0 aliphatic carbocycles. The Balaban J connectivity index is 1.62. The number of nitrogens with zero attached hydrogens (tertiary/aromatic N) is 2. The van der Waals surface area contributed by atoms with Crippen LogP contribution in [0.15, 0.2) is 52.7 Å². The maximum Gasteiger partial charge on any atom is 0.119 e. The van der Waals surface area contributed by atoms with Crippen LogP contribution >= 0.6 is 0 Å². The molecule has 158 valence electrons. The molecule has 3 heteroatoms. The Kier molecular flexibility index (Phi) is 11.1. The van der Waals surface area contributed by atoms with Gasteiger partial charge in [-0.25, -0.2) is 0 Å². The predicted octanol–water partition coefficient (Wildman–Crippen LogP) is 9.02. The lowest BCUT2D eigenvalue weighted by atomic mass is 10.1. The molecule has 0 unspecified atom stereocenters. The van der Waals surface area contributed by atoms with Crippen LogP contribution in [0.5, 0.6) is 5.75 Å². The number of benzene rings is 2. The van der Waals surface area contributed by atoms with Gasteiger partial charge in [0.1, 0.15) is 5.75 Å². The minimum atomic E-state index is 0.792. The van der Waals surface area contributed by atoms with Crippen LogP contribution in [-0.4, -0.2) is 6.61 Å². The van der Waals surface area contributed by atoms with E-state index in [1.165, 1.54) is 63.4 Å². The molecular weight excluding hydrogens is 356 g/mol. The molecule has 2 rings (SSSR count). The van der Waals surface area contributed by atoms with Gasteiger partial charge < -0.3 is 4.74 Å². The Labute approximate surface area is 177 Å². The third kappa shape index (κ3) is 9.74. The number of azo groups is 1. The van der Waals surface area contributed by atoms with Crippen LogP contribution in [0.1, 0.15) is 82.3 Å². The van der Waals surface area contributed by atoms with Crippen LogP contribution < -0.4 is 4.74 Å². The highest BCUT2D eigenvalue weighted by atomic mass is 16.5. The second-order valence-electron chi connectivity index (χ2n) is 8.01. The molecule has 0 aromatic heterocycles. The minimum absolute atomic E-state index is 0.792. The lowest BCUT2D eigenvalue weighted by Crippen LogP contribution is -1.97. The Morgan fingerprint density at radius 2 is 1.31 bits per heavy atom. The fourth-order valence-electron chi connectivity index (χ4n) is 3.33. The number of unbranched alkanes of at least 4 members (excludes halogenated alkanes) is 9. The molecule has 0 saturated heterocycles. The van der Waals surface area contributed by atoms with E-state index in [4.69, 9.17) is 4.74 Å². The van der Waals surface area contributed by atoms with E-state index in [0.717, 1.165) is 35.7 Å². The van der Waals surface area contributed by atoms with Crippen LogP contribution in [0.4, 0.5) is 11.4 Å². The fourth-order valence-corrected chi connectivity index (χ4v) is 3.33. The molecule has 0 fully saturated rings. The van der Waals surface area contributed by atoms with E-state index in [9.17, 15) is 0 Å². The first kappa shape index (κ1) is 23.1. The Bertz CT molecular complexity index is 722. The molecule has 0 radical (unpaired) electrons. The lowest BCUT2D eigenvalue weighted by Gasteiger charge is -2.08. The summed E-state index contributed by atoms with van der Waals surface area (Å²) in [4.78, 5) is 0. The summed E-state index contributed by atoms with van der Waals surface area (Å²) in [6.07, 6.45) is 13.4. The maximum atomic E-state index is 5.92. The summed E-state index contributed by atoms with van der Waals surface area (Å²) in [7, 11) is 0. The van der Waals surface area contributed by atoms with Crippen LogP contribution in [0.2, 0.25) is 0 Å². The summed E-state index contributed by atoms with van der Waals surface area (Å²) in [6, 6.07) is 14.1. The van der Waals surface area contributed by atoms with Gasteiger partial charge in [-0.15, -0.1) is 0 Å². The van der Waals surface area contributed by atoms with Gasteiger partial charge in [-0.1, -0.05) is 82.4 Å². The van der Waals surface area contributed by atoms with E-state index in [2.05, 4.69) is 37.1 Å². The van der Waals surface area contributed by atoms with Gasteiger partial charge in [0.2, 0.25) is 0 Å². The molecule has 2 aromatic carbocycles. The predicted molar refractivity (Wildman–Crippen MR) is 124 cm³/mol. The Morgan fingerprint density at radius 1 is 0.690 bits per heavy atom. The Morgan fingerprint density at radius 3 is 1.93 bits per heavy atom. The van der Waals surface area contributed by atoms with Gasteiger partial charge in [0, 0.05) is 0 Å². The van der Waals surface area contributed by atoms with Crippen molar-refractivity contribution in [2.75, 3.05) is 6.61 Å². The van der Waals surface area contributed by atoms with Gasteiger partial charge in [0.05, 0.1) is 18.0 Å². The average Bonchev–Trinajstić information content (AvgIpc) is 2.72. The summed E-state index contributed by atoms with van der Waals surface area (Å²) in [6.45, 7) is 7.19. The topological polar surface area (TPSA) is 34.0 Å². The van der Waals surface area contributed by atoms with Crippen LogP contribution in [0.3, 0.4) is 0 Å². The van der Waals surface area contributed by atoms with Gasteiger partial charge in [-0.05, 0) is 56.2 Å². The molecule has 0 aliphatic rings. The number of ether oxygens (including phenoxy) is 1. The first-order chi connectivity index (χ1) is 14.2. The SMILES string of the molecule is CCCCCCCCCCCCOc1ccc(/N=N/c2ccc(C)cc2)c(C)c1. The number of hydrogen-bond acceptors (Lipinski definition) is 3. The highest BCUT2D eigenvalue weighted by molar-refractivity contribution is 5.49. The monoisotopic (exact) mass is 394 g/mol. The van der Waals surface area contributed by atoms with Gasteiger partial charge in [-0.2, -0.15) is 10.2 Å². The number of aryl methyl sites for hydroxylation is 2. The van der Waals surface area contributed by atoms with Crippen LogP contribution in [0, 0.1) is 13.8 Å². The van der Waals surface area contributed by atoms with E-state index >= 15 is 0 Å². The van der Waals surface area contributed by atoms with Gasteiger partial charge in [0.15, 0.2) is 0 Å². The van der Waals surface area contributed by atoms with Crippen molar-refractivity contribution in [3.63, 3.8) is 0 Å². The second-order valence-corrected chi connectivity index (χ2v) is 8.01. The zero-order valence-corrected chi connectivity index (χ0v) is 18.6. The standard InChI is InChI=1S/C26H38N2O/c1-4-5-6-7-8-9-10-11-12-13-20-29-25-18-19-26(23(3)21-25)28-27-24-16-14-22(2)15-17-24/h14-19,21H,4-13,20H2,1-3H3/b28-27+. The Hall–Kier alpha value is -2.16. The first-order valence-electron chi connectivity index (χ1n) is 11.4.